The van der Waals surface area contributed by atoms with Crippen molar-refractivity contribution in [2.75, 3.05) is 18.0 Å². The van der Waals surface area contributed by atoms with E-state index >= 15 is 0 Å². The molecule has 1 aliphatic heterocycles. The minimum atomic E-state index is -2.59. The van der Waals surface area contributed by atoms with Gasteiger partial charge in [-0.25, -0.2) is 8.78 Å². The number of benzene rings is 1. The predicted octanol–water partition coefficient (Wildman–Crippen LogP) is 2.79. The Hall–Kier alpha value is -1.63. The van der Waals surface area contributed by atoms with Crippen molar-refractivity contribution in [2.45, 2.75) is 18.8 Å². The van der Waals surface area contributed by atoms with Crippen LogP contribution in [-0.4, -0.2) is 19.0 Å². The molecule has 16 heavy (non-hydrogen) atoms. The fraction of sp³-hybridized carbons (Fsp3) is 0.417. The molecule has 2 nitrogen and oxygen atoms in total. The van der Waals surface area contributed by atoms with Crippen molar-refractivity contribution in [1.29, 1.82) is 5.26 Å². The largest absolute Gasteiger partial charge is 0.365 e. The third kappa shape index (κ3) is 2.30. The Bertz CT molecular complexity index is 406. The molecule has 0 unspecified atom stereocenters. The van der Waals surface area contributed by atoms with Crippen molar-refractivity contribution in [3.8, 4) is 6.07 Å². The zero-order chi connectivity index (χ0) is 11.6. The Labute approximate surface area is 93.1 Å². The highest BCUT2D eigenvalue weighted by atomic mass is 19.3. The maximum absolute atomic E-state index is 13.2. The van der Waals surface area contributed by atoms with Gasteiger partial charge in [0.15, 0.2) is 0 Å². The van der Waals surface area contributed by atoms with Crippen LogP contribution in [0, 0.1) is 11.3 Å². The first-order valence-electron chi connectivity index (χ1n) is 5.24. The maximum atomic E-state index is 13.2. The number of rotatable bonds is 1. The molecule has 0 bridgehead atoms. The average Bonchev–Trinajstić information content (AvgIpc) is 2.28. The number of anilines is 1. The fourth-order valence-electron chi connectivity index (χ4n) is 1.93. The lowest BCUT2D eigenvalue weighted by molar-refractivity contribution is -0.0116. The number of hydrogen-bond donors (Lipinski definition) is 0. The van der Waals surface area contributed by atoms with Gasteiger partial charge < -0.3 is 4.90 Å². The average molecular weight is 222 g/mol. The monoisotopic (exact) mass is 222 g/mol. The molecule has 1 aromatic rings. The molecule has 1 aromatic carbocycles. The molecular formula is C12H12F2N2. The van der Waals surface area contributed by atoms with E-state index in [2.05, 4.69) is 0 Å². The van der Waals surface area contributed by atoms with E-state index in [9.17, 15) is 8.78 Å². The molecule has 1 aliphatic rings. The molecule has 0 N–H and O–H groups in total. The van der Waals surface area contributed by atoms with Gasteiger partial charge in [0.2, 0.25) is 0 Å². The zero-order valence-electron chi connectivity index (χ0n) is 8.79. The van der Waals surface area contributed by atoms with E-state index in [4.69, 9.17) is 5.26 Å². The molecule has 0 atom stereocenters. The van der Waals surface area contributed by atoms with Crippen molar-refractivity contribution in [2.24, 2.45) is 0 Å². The summed E-state index contributed by atoms with van der Waals surface area (Å²) >= 11 is 0. The second-order valence-corrected chi connectivity index (χ2v) is 4.04. The molecule has 4 heteroatoms. The van der Waals surface area contributed by atoms with Gasteiger partial charge >= 0.3 is 0 Å². The smallest absolute Gasteiger partial charge is 0.265 e. The van der Waals surface area contributed by atoms with E-state index < -0.39 is 5.92 Å². The number of halogens is 2. The van der Waals surface area contributed by atoms with Crippen LogP contribution in [0.15, 0.2) is 24.3 Å². The molecule has 0 saturated carbocycles. The quantitative estimate of drug-likeness (QED) is 0.730. The standard InChI is InChI=1S/C12H12F2N2/c13-12(14)6-1-7-16(9-12)11-4-2-10(8-15)3-5-11/h2-5H,1,6-7,9H2. The lowest BCUT2D eigenvalue weighted by atomic mass is 10.1. The van der Waals surface area contributed by atoms with Crippen LogP contribution in [0.25, 0.3) is 0 Å². The van der Waals surface area contributed by atoms with E-state index in [1.165, 1.54) is 0 Å². The highest BCUT2D eigenvalue weighted by Gasteiger charge is 2.35. The van der Waals surface area contributed by atoms with Gasteiger partial charge in [0.25, 0.3) is 5.92 Å². The van der Waals surface area contributed by atoms with Crippen LogP contribution in [0.4, 0.5) is 14.5 Å². The lowest BCUT2D eigenvalue weighted by Gasteiger charge is -2.34. The van der Waals surface area contributed by atoms with Crippen molar-refractivity contribution in [1.82, 2.24) is 0 Å². The van der Waals surface area contributed by atoms with Crippen molar-refractivity contribution < 1.29 is 8.78 Å². The molecule has 0 spiro atoms. The van der Waals surface area contributed by atoms with Crippen LogP contribution < -0.4 is 4.90 Å². The summed E-state index contributed by atoms with van der Waals surface area (Å²) in [4.78, 5) is 1.67. The van der Waals surface area contributed by atoms with Crippen LogP contribution in [0.5, 0.6) is 0 Å². The Morgan fingerprint density at radius 2 is 1.94 bits per heavy atom. The first-order chi connectivity index (χ1) is 7.61. The van der Waals surface area contributed by atoms with E-state index in [1.807, 2.05) is 6.07 Å². The van der Waals surface area contributed by atoms with E-state index in [-0.39, 0.29) is 13.0 Å². The molecule has 1 fully saturated rings. The summed E-state index contributed by atoms with van der Waals surface area (Å²) < 4.78 is 26.4. The Morgan fingerprint density at radius 3 is 2.50 bits per heavy atom. The number of alkyl halides is 2. The topological polar surface area (TPSA) is 27.0 Å². The molecule has 84 valence electrons. The van der Waals surface area contributed by atoms with Crippen molar-refractivity contribution >= 4 is 5.69 Å². The molecule has 0 aromatic heterocycles. The number of hydrogen-bond acceptors (Lipinski definition) is 2. The van der Waals surface area contributed by atoms with Gasteiger partial charge in [0.1, 0.15) is 0 Å². The summed E-state index contributed by atoms with van der Waals surface area (Å²) in [5.74, 6) is -2.59. The second-order valence-electron chi connectivity index (χ2n) is 4.04. The van der Waals surface area contributed by atoms with Crippen molar-refractivity contribution in [3.63, 3.8) is 0 Å². The predicted molar refractivity (Wildman–Crippen MR) is 57.6 cm³/mol. The molecule has 0 aliphatic carbocycles. The van der Waals surface area contributed by atoms with Gasteiger partial charge in [-0.05, 0) is 30.7 Å². The molecule has 2 rings (SSSR count). The summed E-state index contributed by atoms with van der Waals surface area (Å²) in [6.45, 7) is 0.431. The summed E-state index contributed by atoms with van der Waals surface area (Å²) in [5, 5.41) is 8.64. The highest BCUT2D eigenvalue weighted by Crippen LogP contribution is 2.29. The van der Waals surface area contributed by atoms with Gasteiger partial charge in [-0.15, -0.1) is 0 Å². The summed E-state index contributed by atoms with van der Waals surface area (Å²) in [6, 6.07) is 8.76. The van der Waals surface area contributed by atoms with Gasteiger partial charge in [0.05, 0.1) is 18.2 Å². The third-order valence-electron chi connectivity index (χ3n) is 2.75. The summed E-state index contributed by atoms with van der Waals surface area (Å²) in [6.07, 6.45) is 0.479. The van der Waals surface area contributed by atoms with Crippen LogP contribution in [0.1, 0.15) is 18.4 Å². The Morgan fingerprint density at radius 1 is 1.25 bits per heavy atom. The number of nitrogens with zero attached hydrogens (tertiary/aromatic N) is 2. The van der Waals surface area contributed by atoms with E-state index in [1.54, 1.807) is 29.2 Å². The first-order valence-corrected chi connectivity index (χ1v) is 5.24. The summed E-state index contributed by atoms with van der Waals surface area (Å²) in [7, 11) is 0. The fourth-order valence-corrected chi connectivity index (χ4v) is 1.93. The minimum Gasteiger partial charge on any atom is -0.365 e. The second kappa shape index (κ2) is 4.09. The SMILES string of the molecule is N#Cc1ccc(N2CCCC(F)(F)C2)cc1. The highest BCUT2D eigenvalue weighted by molar-refractivity contribution is 5.50. The van der Waals surface area contributed by atoms with Crippen LogP contribution in [-0.2, 0) is 0 Å². The first kappa shape index (κ1) is 10.9. The van der Waals surface area contributed by atoms with Gasteiger partial charge in [-0.2, -0.15) is 5.26 Å². The van der Waals surface area contributed by atoms with E-state index in [0.717, 1.165) is 5.69 Å². The summed E-state index contributed by atoms with van der Waals surface area (Å²) in [5.41, 5.74) is 1.31. The van der Waals surface area contributed by atoms with Crippen LogP contribution in [0.3, 0.4) is 0 Å². The van der Waals surface area contributed by atoms with Crippen LogP contribution >= 0.6 is 0 Å². The van der Waals surface area contributed by atoms with Crippen LogP contribution in [0.2, 0.25) is 0 Å². The lowest BCUT2D eigenvalue weighted by Crippen LogP contribution is -2.42. The number of nitriles is 1. The maximum Gasteiger partial charge on any atom is 0.265 e. The van der Waals surface area contributed by atoms with Crippen molar-refractivity contribution in [3.05, 3.63) is 29.8 Å². The third-order valence-corrected chi connectivity index (χ3v) is 2.75. The van der Waals surface area contributed by atoms with Gasteiger partial charge in [0, 0.05) is 18.7 Å². The van der Waals surface area contributed by atoms with Gasteiger partial charge in [-0.3, -0.25) is 0 Å². The van der Waals surface area contributed by atoms with E-state index in [0.29, 0.717) is 18.5 Å². The normalized spacial score (nSPS) is 19.2. The minimum absolute atomic E-state index is 0.0280. The molecule has 1 saturated heterocycles. The molecule has 0 amide bonds. The molecular weight excluding hydrogens is 210 g/mol. The van der Waals surface area contributed by atoms with Gasteiger partial charge in [-0.1, -0.05) is 0 Å². The molecule has 0 radical (unpaired) electrons. The molecule has 1 heterocycles. The number of piperidine rings is 1. The zero-order valence-corrected chi connectivity index (χ0v) is 8.79. The Balaban J connectivity index is 2.15. The Kier molecular flexibility index (Phi) is 2.78.